The normalized spacial score (nSPS) is 48.1. The fourth-order valence-corrected chi connectivity index (χ4v) is 5.72. The van der Waals surface area contributed by atoms with E-state index in [9.17, 15) is 4.79 Å². The number of benzene rings is 1. The number of rotatable bonds is 2. The fourth-order valence-electron chi connectivity index (χ4n) is 5.72. The van der Waals surface area contributed by atoms with E-state index in [4.69, 9.17) is 0 Å². The van der Waals surface area contributed by atoms with Gasteiger partial charge in [0.15, 0.2) is 5.78 Å². The van der Waals surface area contributed by atoms with Gasteiger partial charge in [-0.25, -0.2) is 0 Å². The number of Topliss-reactive ketones (excluding diaryl/α,β-unsaturated/α-hetero) is 1. The number of hydrogen-bond donors (Lipinski definition) is 0. The Morgan fingerprint density at radius 3 is 2.63 bits per heavy atom. The highest BCUT2D eigenvalue weighted by atomic mass is 16.1. The summed E-state index contributed by atoms with van der Waals surface area (Å²) in [4.78, 5) is 12.6. The Morgan fingerprint density at radius 2 is 1.79 bits per heavy atom. The predicted molar refractivity (Wildman–Crippen MR) is 73.6 cm³/mol. The SMILES string of the molecule is O=C(c1ccccc1)[C@@H]1[C@H]2[C@H]3C[C@H]([C@H]4C=CC[C@H]43)[C@@H]12. The summed E-state index contributed by atoms with van der Waals surface area (Å²) in [6, 6.07) is 9.93. The van der Waals surface area contributed by atoms with Crippen molar-refractivity contribution in [1.29, 1.82) is 0 Å². The van der Waals surface area contributed by atoms with Crippen molar-refractivity contribution in [2.45, 2.75) is 12.8 Å². The molecule has 2 bridgehead atoms. The number of carbonyl (C=O) groups excluding carboxylic acids is 1. The zero-order chi connectivity index (χ0) is 12.6. The average Bonchev–Trinajstić information content (AvgIpc) is 2.83. The first-order valence-corrected chi connectivity index (χ1v) is 7.62. The van der Waals surface area contributed by atoms with Crippen LogP contribution in [-0.2, 0) is 0 Å². The van der Waals surface area contributed by atoms with Gasteiger partial charge in [-0.05, 0) is 48.3 Å². The lowest BCUT2D eigenvalue weighted by Gasteiger charge is -2.22. The molecule has 4 aliphatic carbocycles. The highest BCUT2D eigenvalue weighted by Crippen LogP contribution is 2.74. The Kier molecular flexibility index (Phi) is 1.86. The molecule has 96 valence electrons. The first kappa shape index (κ1) is 10.4. The van der Waals surface area contributed by atoms with Crippen molar-refractivity contribution in [2.24, 2.45) is 41.4 Å². The molecule has 19 heavy (non-hydrogen) atoms. The van der Waals surface area contributed by atoms with Crippen LogP contribution < -0.4 is 0 Å². The van der Waals surface area contributed by atoms with E-state index in [1.54, 1.807) is 0 Å². The second-order valence-electron chi connectivity index (χ2n) is 6.88. The van der Waals surface area contributed by atoms with Gasteiger partial charge in [0.05, 0.1) is 0 Å². The van der Waals surface area contributed by atoms with Gasteiger partial charge in [-0.1, -0.05) is 42.5 Å². The average molecular weight is 250 g/mol. The Balaban J connectivity index is 1.44. The summed E-state index contributed by atoms with van der Waals surface area (Å²) >= 11 is 0. The van der Waals surface area contributed by atoms with Crippen molar-refractivity contribution in [1.82, 2.24) is 0 Å². The summed E-state index contributed by atoms with van der Waals surface area (Å²) in [7, 11) is 0. The lowest BCUT2D eigenvalue weighted by Crippen LogP contribution is -2.18. The summed E-state index contributed by atoms with van der Waals surface area (Å²) in [6.45, 7) is 0. The third-order valence-electron chi connectivity index (χ3n) is 6.33. The number of hydrogen-bond acceptors (Lipinski definition) is 1. The molecule has 0 aliphatic heterocycles. The molecule has 1 aromatic rings. The van der Waals surface area contributed by atoms with E-state index in [0.717, 1.165) is 41.1 Å². The molecule has 4 aliphatic rings. The van der Waals surface area contributed by atoms with Gasteiger partial charge < -0.3 is 0 Å². The first-order chi connectivity index (χ1) is 9.36. The molecule has 0 radical (unpaired) electrons. The molecule has 1 heteroatoms. The molecular weight excluding hydrogens is 232 g/mol. The standard InChI is InChI=1S/C18H18O/c19-18(10-5-2-1-3-6-10)17-15-13-9-14(16(15)17)12-8-4-7-11(12)13/h1-7,11-17H,8-9H2/t11-,12+,13+,14-,15+,16-,17-/m0/s1. The third kappa shape index (κ3) is 1.19. The van der Waals surface area contributed by atoms with Crippen molar-refractivity contribution in [3.8, 4) is 0 Å². The molecule has 3 fully saturated rings. The summed E-state index contributed by atoms with van der Waals surface area (Å²) in [5.74, 6) is 5.64. The molecule has 5 rings (SSSR count). The van der Waals surface area contributed by atoms with E-state index in [1.807, 2.05) is 30.3 Å². The second kappa shape index (κ2) is 3.39. The minimum Gasteiger partial charge on any atom is -0.294 e. The Hall–Kier alpha value is -1.37. The van der Waals surface area contributed by atoms with Gasteiger partial charge in [0, 0.05) is 11.5 Å². The van der Waals surface area contributed by atoms with Gasteiger partial charge in [0.2, 0.25) is 0 Å². The van der Waals surface area contributed by atoms with Gasteiger partial charge >= 0.3 is 0 Å². The Labute approximate surface area is 113 Å². The van der Waals surface area contributed by atoms with Gasteiger partial charge in [-0.15, -0.1) is 0 Å². The molecule has 7 atom stereocenters. The number of ketones is 1. The zero-order valence-corrected chi connectivity index (χ0v) is 10.9. The maximum atomic E-state index is 12.6. The van der Waals surface area contributed by atoms with Gasteiger partial charge in [-0.3, -0.25) is 4.79 Å². The number of fused-ring (bicyclic) bond motifs is 8. The molecule has 3 saturated carbocycles. The van der Waals surface area contributed by atoms with E-state index < -0.39 is 0 Å². The molecule has 0 unspecified atom stereocenters. The fraction of sp³-hybridized carbons (Fsp3) is 0.500. The van der Waals surface area contributed by atoms with Crippen molar-refractivity contribution < 1.29 is 4.79 Å². The lowest BCUT2D eigenvalue weighted by molar-refractivity contribution is 0.0943. The largest absolute Gasteiger partial charge is 0.294 e. The Bertz CT molecular complexity index is 573. The van der Waals surface area contributed by atoms with E-state index in [1.165, 1.54) is 12.8 Å². The molecule has 1 nitrogen and oxygen atoms in total. The van der Waals surface area contributed by atoms with Crippen LogP contribution in [0.2, 0.25) is 0 Å². The molecule has 1 aromatic carbocycles. The van der Waals surface area contributed by atoms with E-state index >= 15 is 0 Å². The van der Waals surface area contributed by atoms with Crippen molar-refractivity contribution in [3.05, 3.63) is 48.0 Å². The van der Waals surface area contributed by atoms with E-state index in [2.05, 4.69) is 12.2 Å². The van der Waals surface area contributed by atoms with Crippen LogP contribution in [0.15, 0.2) is 42.5 Å². The maximum Gasteiger partial charge on any atom is 0.166 e. The van der Waals surface area contributed by atoms with Crippen LogP contribution in [0.5, 0.6) is 0 Å². The molecular formula is C18H18O. The molecule has 0 N–H and O–H groups in total. The van der Waals surface area contributed by atoms with Crippen LogP contribution in [-0.4, -0.2) is 5.78 Å². The summed E-state index contributed by atoms with van der Waals surface area (Å²) < 4.78 is 0. The van der Waals surface area contributed by atoms with Crippen LogP contribution in [0.3, 0.4) is 0 Å². The highest BCUT2D eigenvalue weighted by molar-refractivity contribution is 6.00. The predicted octanol–water partition coefficient (Wildman–Crippen LogP) is 3.57. The second-order valence-corrected chi connectivity index (χ2v) is 6.88. The van der Waals surface area contributed by atoms with Gasteiger partial charge in [0.25, 0.3) is 0 Å². The van der Waals surface area contributed by atoms with Crippen LogP contribution in [0.1, 0.15) is 23.2 Å². The first-order valence-electron chi connectivity index (χ1n) is 7.62. The Morgan fingerprint density at radius 1 is 1.00 bits per heavy atom. The summed E-state index contributed by atoms with van der Waals surface area (Å²) in [5, 5.41) is 0. The van der Waals surface area contributed by atoms with Crippen LogP contribution in [0.25, 0.3) is 0 Å². The van der Waals surface area contributed by atoms with Crippen LogP contribution in [0, 0.1) is 41.4 Å². The third-order valence-corrected chi connectivity index (χ3v) is 6.33. The quantitative estimate of drug-likeness (QED) is 0.579. The van der Waals surface area contributed by atoms with Crippen LogP contribution in [0.4, 0.5) is 0 Å². The molecule has 0 amide bonds. The summed E-state index contributed by atoms with van der Waals surface area (Å²) in [5.41, 5.74) is 0.932. The van der Waals surface area contributed by atoms with E-state index in [-0.39, 0.29) is 0 Å². The number of allylic oxidation sites excluding steroid dienone is 2. The topological polar surface area (TPSA) is 17.1 Å². The number of carbonyl (C=O) groups is 1. The minimum absolute atomic E-state index is 0.366. The highest BCUT2D eigenvalue weighted by Gasteiger charge is 2.72. The van der Waals surface area contributed by atoms with Crippen LogP contribution >= 0.6 is 0 Å². The molecule has 0 aromatic heterocycles. The minimum atomic E-state index is 0.366. The van der Waals surface area contributed by atoms with Gasteiger partial charge in [0.1, 0.15) is 0 Å². The smallest absolute Gasteiger partial charge is 0.166 e. The maximum absolute atomic E-state index is 12.6. The van der Waals surface area contributed by atoms with Crippen molar-refractivity contribution >= 4 is 5.78 Å². The monoisotopic (exact) mass is 250 g/mol. The molecule has 0 spiro atoms. The molecule has 0 saturated heterocycles. The van der Waals surface area contributed by atoms with Gasteiger partial charge in [-0.2, -0.15) is 0 Å². The van der Waals surface area contributed by atoms with Crippen molar-refractivity contribution in [3.63, 3.8) is 0 Å². The zero-order valence-electron chi connectivity index (χ0n) is 10.9. The summed E-state index contributed by atoms with van der Waals surface area (Å²) in [6.07, 6.45) is 7.52. The molecule has 0 heterocycles. The van der Waals surface area contributed by atoms with Crippen molar-refractivity contribution in [2.75, 3.05) is 0 Å². The lowest BCUT2D eigenvalue weighted by atomic mass is 9.82. The van der Waals surface area contributed by atoms with E-state index in [0.29, 0.717) is 11.7 Å².